The van der Waals surface area contributed by atoms with E-state index in [2.05, 4.69) is 15.4 Å². The molecule has 7 nitrogen and oxygen atoms in total. The smallest absolute Gasteiger partial charge is 0.295 e. The second-order valence-corrected chi connectivity index (χ2v) is 7.37. The number of carbonyl (C=O) groups is 2. The van der Waals surface area contributed by atoms with Gasteiger partial charge < -0.3 is 11.1 Å². The van der Waals surface area contributed by atoms with Gasteiger partial charge in [0.2, 0.25) is 11.7 Å². The number of halogens is 1. The summed E-state index contributed by atoms with van der Waals surface area (Å²) >= 11 is 1.46. The third-order valence-electron chi connectivity index (χ3n) is 4.21. The zero-order valence-electron chi connectivity index (χ0n) is 15.6. The molecule has 30 heavy (non-hydrogen) atoms. The summed E-state index contributed by atoms with van der Waals surface area (Å²) in [6.07, 6.45) is 0.127. The molecule has 150 valence electrons. The van der Waals surface area contributed by atoms with Crippen LogP contribution in [0.1, 0.15) is 16.2 Å². The molecule has 0 fully saturated rings. The van der Waals surface area contributed by atoms with Crippen LogP contribution in [0, 0.1) is 5.82 Å². The van der Waals surface area contributed by atoms with Gasteiger partial charge in [0.15, 0.2) is 5.82 Å². The molecule has 0 aliphatic rings. The number of aromatic nitrogens is 3. The summed E-state index contributed by atoms with van der Waals surface area (Å²) in [7, 11) is 0. The summed E-state index contributed by atoms with van der Waals surface area (Å²) < 4.78 is 14.8. The molecular weight excluding hydrogens is 405 g/mol. The first-order valence-corrected chi connectivity index (χ1v) is 9.83. The van der Waals surface area contributed by atoms with Gasteiger partial charge in [0.1, 0.15) is 5.82 Å². The lowest BCUT2D eigenvalue weighted by molar-refractivity contribution is -0.117. The number of thiophene rings is 1. The highest BCUT2D eigenvalue weighted by Gasteiger charge is 2.19. The maximum atomic E-state index is 13.3. The molecule has 4 aromatic rings. The van der Waals surface area contributed by atoms with Crippen LogP contribution < -0.4 is 11.1 Å². The third kappa shape index (κ3) is 4.26. The summed E-state index contributed by atoms with van der Waals surface area (Å²) in [6.45, 7) is 0. The fraction of sp³-hybridized carbons (Fsp3) is 0.0476. The van der Waals surface area contributed by atoms with Crippen molar-refractivity contribution in [1.29, 1.82) is 0 Å². The predicted molar refractivity (Wildman–Crippen MR) is 112 cm³/mol. The van der Waals surface area contributed by atoms with E-state index in [9.17, 15) is 14.0 Å². The van der Waals surface area contributed by atoms with Gasteiger partial charge in [0, 0.05) is 5.69 Å². The standard InChI is InChI=1S/C21H16FN5O2S/c22-14-5-9-16(10-6-14)27-20(17-2-1-11-30-17)25-19(26-27)21(29)24-15-7-3-13(4-8-15)12-18(23)28/h1-11H,12H2,(H2,23,28)(H,24,29). The van der Waals surface area contributed by atoms with E-state index in [-0.39, 0.29) is 18.1 Å². The second-order valence-electron chi connectivity index (χ2n) is 6.42. The molecule has 3 N–H and O–H groups in total. The molecule has 0 unspecified atom stereocenters. The van der Waals surface area contributed by atoms with E-state index in [4.69, 9.17) is 5.73 Å². The number of hydrogen-bond acceptors (Lipinski definition) is 5. The van der Waals surface area contributed by atoms with E-state index in [0.717, 1.165) is 10.4 Å². The summed E-state index contributed by atoms with van der Waals surface area (Å²) in [6, 6.07) is 16.3. The lowest BCUT2D eigenvalue weighted by Crippen LogP contribution is -2.15. The summed E-state index contributed by atoms with van der Waals surface area (Å²) in [5.41, 5.74) is 7.05. The summed E-state index contributed by atoms with van der Waals surface area (Å²) in [5.74, 6) is -0.823. The highest BCUT2D eigenvalue weighted by molar-refractivity contribution is 7.13. The molecule has 2 aromatic heterocycles. The highest BCUT2D eigenvalue weighted by atomic mass is 32.1. The highest BCUT2D eigenvalue weighted by Crippen LogP contribution is 2.26. The Morgan fingerprint density at radius 1 is 1.07 bits per heavy atom. The number of amides is 2. The first-order chi connectivity index (χ1) is 14.5. The fourth-order valence-corrected chi connectivity index (χ4v) is 3.53. The molecule has 0 atom stereocenters. The molecule has 0 saturated heterocycles. The number of hydrogen-bond donors (Lipinski definition) is 2. The molecular formula is C21H16FN5O2S. The Balaban J connectivity index is 1.62. The minimum atomic E-state index is -0.490. The van der Waals surface area contributed by atoms with Crippen LogP contribution in [0.3, 0.4) is 0 Å². The Labute approximate surface area is 175 Å². The molecule has 0 aliphatic heterocycles. The predicted octanol–water partition coefficient (Wildman–Crippen LogP) is 3.42. The van der Waals surface area contributed by atoms with Crippen LogP contribution in [-0.4, -0.2) is 26.6 Å². The lowest BCUT2D eigenvalue weighted by atomic mass is 10.1. The largest absolute Gasteiger partial charge is 0.369 e. The van der Waals surface area contributed by atoms with Crippen LogP contribution in [-0.2, 0) is 11.2 Å². The Morgan fingerprint density at radius 3 is 2.43 bits per heavy atom. The van der Waals surface area contributed by atoms with Crippen LogP contribution in [0.15, 0.2) is 66.0 Å². The minimum Gasteiger partial charge on any atom is -0.369 e. The van der Waals surface area contributed by atoms with Crippen molar-refractivity contribution in [2.24, 2.45) is 5.73 Å². The van der Waals surface area contributed by atoms with E-state index in [1.54, 1.807) is 36.4 Å². The van der Waals surface area contributed by atoms with Gasteiger partial charge in [-0.1, -0.05) is 18.2 Å². The molecule has 2 aromatic carbocycles. The van der Waals surface area contributed by atoms with Crippen molar-refractivity contribution in [2.45, 2.75) is 6.42 Å². The van der Waals surface area contributed by atoms with Crippen molar-refractivity contribution in [1.82, 2.24) is 14.8 Å². The van der Waals surface area contributed by atoms with Gasteiger partial charge in [-0.3, -0.25) is 9.59 Å². The van der Waals surface area contributed by atoms with Crippen molar-refractivity contribution >= 4 is 28.8 Å². The number of nitrogens with one attached hydrogen (secondary N) is 1. The maximum absolute atomic E-state index is 13.3. The van der Waals surface area contributed by atoms with Gasteiger partial charge in [0.05, 0.1) is 17.0 Å². The van der Waals surface area contributed by atoms with Crippen LogP contribution in [0.5, 0.6) is 0 Å². The molecule has 0 bridgehead atoms. The number of nitrogens with zero attached hydrogens (tertiary/aromatic N) is 3. The normalized spacial score (nSPS) is 10.7. The third-order valence-corrected chi connectivity index (χ3v) is 5.08. The van der Waals surface area contributed by atoms with Crippen molar-refractivity contribution in [2.75, 3.05) is 5.32 Å². The lowest BCUT2D eigenvalue weighted by Gasteiger charge is -2.04. The number of anilines is 1. The van der Waals surface area contributed by atoms with Gasteiger partial charge in [-0.2, -0.15) is 0 Å². The van der Waals surface area contributed by atoms with E-state index in [1.165, 1.54) is 28.2 Å². The van der Waals surface area contributed by atoms with Gasteiger partial charge in [0.25, 0.3) is 5.91 Å². The first-order valence-electron chi connectivity index (χ1n) is 8.95. The number of rotatable bonds is 6. The SMILES string of the molecule is NC(=O)Cc1ccc(NC(=O)c2nc(-c3cccs3)n(-c3ccc(F)cc3)n2)cc1. The Kier molecular flexibility index (Phi) is 5.36. The van der Waals surface area contributed by atoms with Gasteiger partial charge >= 0.3 is 0 Å². The van der Waals surface area contributed by atoms with E-state index < -0.39 is 11.8 Å². The van der Waals surface area contributed by atoms with Crippen molar-refractivity contribution in [3.63, 3.8) is 0 Å². The maximum Gasteiger partial charge on any atom is 0.295 e. The number of carbonyl (C=O) groups excluding carboxylic acids is 2. The molecule has 4 rings (SSSR count). The zero-order chi connectivity index (χ0) is 21.1. The van der Waals surface area contributed by atoms with Gasteiger partial charge in [-0.05, 0) is 53.4 Å². The average Bonchev–Trinajstić information content (AvgIpc) is 3.39. The molecule has 0 spiro atoms. The van der Waals surface area contributed by atoms with Crippen molar-refractivity contribution < 1.29 is 14.0 Å². The molecule has 2 amide bonds. The number of benzene rings is 2. The van der Waals surface area contributed by atoms with E-state index >= 15 is 0 Å². The average molecular weight is 421 g/mol. The van der Waals surface area contributed by atoms with Crippen molar-refractivity contribution in [3.05, 3.63) is 83.2 Å². The van der Waals surface area contributed by atoms with Crippen LogP contribution in [0.2, 0.25) is 0 Å². The second kappa shape index (κ2) is 8.26. The van der Waals surface area contributed by atoms with Crippen LogP contribution in [0.25, 0.3) is 16.4 Å². The first kappa shape index (κ1) is 19.5. The number of nitrogens with two attached hydrogens (primary N) is 1. The van der Waals surface area contributed by atoms with E-state index in [0.29, 0.717) is 17.2 Å². The van der Waals surface area contributed by atoms with Gasteiger partial charge in [-0.15, -0.1) is 16.4 Å². The summed E-state index contributed by atoms with van der Waals surface area (Å²) in [4.78, 5) is 28.9. The van der Waals surface area contributed by atoms with E-state index in [1.807, 2.05) is 17.5 Å². The summed E-state index contributed by atoms with van der Waals surface area (Å²) in [5, 5.41) is 8.97. The minimum absolute atomic E-state index is 0.0241. The molecule has 2 heterocycles. The van der Waals surface area contributed by atoms with Crippen LogP contribution in [0.4, 0.5) is 10.1 Å². The topological polar surface area (TPSA) is 103 Å². The van der Waals surface area contributed by atoms with Crippen molar-refractivity contribution in [3.8, 4) is 16.4 Å². The quantitative estimate of drug-likeness (QED) is 0.498. The molecule has 0 radical (unpaired) electrons. The van der Waals surface area contributed by atoms with Gasteiger partial charge in [-0.25, -0.2) is 14.1 Å². The zero-order valence-corrected chi connectivity index (χ0v) is 16.4. The molecule has 0 saturated carbocycles. The Morgan fingerprint density at radius 2 is 1.80 bits per heavy atom. The number of primary amides is 1. The fourth-order valence-electron chi connectivity index (χ4n) is 2.83. The Hall–Kier alpha value is -3.85. The monoisotopic (exact) mass is 421 g/mol. The molecule has 0 aliphatic carbocycles. The Bertz CT molecular complexity index is 1190. The van der Waals surface area contributed by atoms with Crippen LogP contribution >= 0.6 is 11.3 Å². The molecule has 9 heteroatoms.